The zero-order valence-corrected chi connectivity index (χ0v) is 19.5. The molecule has 1 aliphatic rings. The standard InChI is InChI=1S/C26H33N5O/c1-6-23(13-24-12-7-19(5)32-24)31-16-22(15-28-31)29-26-27-14-18(4)25(30-26)21-10-8-20(9-11-21)17(2)3/h8-11,14-16,19,23-24H,2,6-7,12-13H2,1,3-5H3,(H,27,29,30). The van der Waals surface area contributed by atoms with E-state index in [2.05, 4.69) is 60.1 Å². The predicted octanol–water partition coefficient (Wildman–Crippen LogP) is 6.33. The highest BCUT2D eigenvalue weighted by molar-refractivity contribution is 5.69. The SMILES string of the molecule is C=C(C)c1ccc(-c2nc(Nc3cnn(C(CC)CC4CCC(C)O4)c3)ncc2C)cc1. The largest absolute Gasteiger partial charge is 0.375 e. The molecule has 0 amide bonds. The van der Waals surface area contributed by atoms with Crippen LogP contribution in [0.2, 0.25) is 0 Å². The molecule has 3 unspecified atom stereocenters. The minimum atomic E-state index is 0.321. The summed E-state index contributed by atoms with van der Waals surface area (Å²) in [7, 11) is 0. The van der Waals surface area contributed by atoms with Gasteiger partial charge in [0, 0.05) is 18.0 Å². The lowest BCUT2D eigenvalue weighted by Gasteiger charge is -2.20. The Balaban J connectivity index is 1.48. The van der Waals surface area contributed by atoms with Crippen molar-refractivity contribution < 1.29 is 4.74 Å². The fourth-order valence-corrected chi connectivity index (χ4v) is 4.26. The average Bonchev–Trinajstić information content (AvgIpc) is 3.42. The molecule has 3 atom stereocenters. The van der Waals surface area contributed by atoms with Crippen LogP contribution in [0.15, 0.2) is 49.4 Å². The summed E-state index contributed by atoms with van der Waals surface area (Å²) in [5.41, 5.74) is 6.08. The molecule has 1 saturated heterocycles. The van der Waals surface area contributed by atoms with Crippen LogP contribution in [0.5, 0.6) is 0 Å². The number of benzene rings is 1. The van der Waals surface area contributed by atoms with Crippen LogP contribution in [0.1, 0.15) is 63.6 Å². The van der Waals surface area contributed by atoms with Crippen LogP contribution < -0.4 is 5.32 Å². The topological polar surface area (TPSA) is 64.9 Å². The second-order valence-corrected chi connectivity index (χ2v) is 8.86. The maximum absolute atomic E-state index is 6.02. The summed E-state index contributed by atoms with van der Waals surface area (Å²) in [5.74, 6) is 0.565. The van der Waals surface area contributed by atoms with Crippen LogP contribution in [-0.4, -0.2) is 32.0 Å². The monoisotopic (exact) mass is 431 g/mol. The summed E-state index contributed by atoms with van der Waals surface area (Å²) in [5, 5.41) is 7.92. The molecule has 1 fully saturated rings. The molecule has 1 aromatic carbocycles. The molecule has 1 aliphatic heterocycles. The van der Waals surface area contributed by atoms with E-state index in [1.807, 2.05) is 37.1 Å². The van der Waals surface area contributed by atoms with Gasteiger partial charge < -0.3 is 10.1 Å². The van der Waals surface area contributed by atoms with Gasteiger partial charge >= 0.3 is 0 Å². The number of hydrogen-bond donors (Lipinski definition) is 1. The summed E-state index contributed by atoms with van der Waals surface area (Å²) in [6.45, 7) is 12.4. The Morgan fingerprint density at radius 2 is 2.03 bits per heavy atom. The van der Waals surface area contributed by atoms with Gasteiger partial charge in [0.25, 0.3) is 0 Å². The lowest BCUT2D eigenvalue weighted by Crippen LogP contribution is -2.17. The van der Waals surface area contributed by atoms with Gasteiger partial charge in [0.05, 0.1) is 35.8 Å². The van der Waals surface area contributed by atoms with Gasteiger partial charge in [0.1, 0.15) is 0 Å². The predicted molar refractivity (Wildman–Crippen MR) is 130 cm³/mol. The molecule has 4 rings (SSSR count). The third-order valence-corrected chi connectivity index (χ3v) is 6.18. The van der Waals surface area contributed by atoms with Crippen LogP contribution in [0.25, 0.3) is 16.8 Å². The van der Waals surface area contributed by atoms with Crippen molar-refractivity contribution in [3.63, 3.8) is 0 Å². The fourth-order valence-electron chi connectivity index (χ4n) is 4.26. The third kappa shape index (κ3) is 5.07. The van der Waals surface area contributed by atoms with Crippen molar-refractivity contribution in [3.8, 4) is 11.3 Å². The Morgan fingerprint density at radius 1 is 1.25 bits per heavy atom. The summed E-state index contributed by atoms with van der Waals surface area (Å²) < 4.78 is 8.06. The molecular weight excluding hydrogens is 398 g/mol. The number of nitrogens with one attached hydrogen (secondary N) is 1. The molecule has 0 bridgehead atoms. The normalized spacial score (nSPS) is 19.1. The van der Waals surface area contributed by atoms with Gasteiger partial charge in [-0.3, -0.25) is 4.68 Å². The Kier molecular flexibility index (Phi) is 6.70. The molecule has 0 spiro atoms. The van der Waals surface area contributed by atoms with Gasteiger partial charge in [0.2, 0.25) is 5.95 Å². The summed E-state index contributed by atoms with van der Waals surface area (Å²) in [6, 6.07) is 8.64. The molecule has 1 N–H and O–H groups in total. The highest BCUT2D eigenvalue weighted by Crippen LogP contribution is 2.29. The van der Waals surface area contributed by atoms with Crippen molar-refractivity contribution in [1.82, 2.24) is 19.7 Å². The highest BCUT2D eigenvalue weighted by atomic mass is 16.5. The van der Waals surface area contributed by atoms with Crippen LogP contribution >= 0.6 is 0 Å². The molecule has 0 saturated carbocycles. The van der Waals surface area contributed by atoms with Gasteiger partial charge in [-0.05, 0) is 57.6 Å². The molecule has 6 heteroatoms. The number of aromatic nitrogens is 4. The van der Waals surface area contributed by atoms with E-state index in [4.69, 9.17) is 9.72 Å². The van der Waals surface area contributed by atoms with Crippen molar-refractivity contribution >= 4 is 17.2 Å². The minimum absolute atomic E-state index is 0.321. The summed E-state index contributed by atoms with van der Waals surface area (Å²) >= 11 is 0. The lowest BCUT2D eigenvalue weighted by atomic mass is 10.0. The molecule has 32 heavy (non-hydrogen) atoms. The summed E-state index contributed by atoms with van der Waals surface area (Å²) in [6.07, 6.45) is 10.7. The van der Waals surface area contributed by atoms with E-state index in [9.17, 15) is 0 Å². The second kappa shape index (κ2) is 9.65. The van der Waals surface area contributed by atoms with E-state index in [1.165, 1.54) is 0 Å². The molecule has 0 aliphatic carbocycles. The first-order valence-corrected chi connectivity index (χ1v) is 11.5. The van der Waals surface area contributed by atoms with Gasteiger partial charge in [-0.1, -0.05) is 43.3 Å². The van der Waals surface area contributed by atoms with E-state index in [-0.39, 0.29) is 0 Å². The quantitative estimate of drug-likeness (QED) is 0.451. The third-order valence-electron chi connectivity index (χ3n) is 6.18. The van der Waals surface area contributed by atoms with Crippen LogP contribution in [-0.2, 0) is 4.74 Å². The Bertz CT molecular complexity index is 1070. The Hall–Kier alpha value is -2.99. The van der Waals surface area contributed by atoms with E-state index in [1.54, 1.807) is 0 Å². The number of hydrogen-bond acceptors (Lipinski definition) is 5. The number of nitrogens with zero attached hydrogens (tertiary/aromatic N) is 4. The van der Waals surface area contributed by atoms with E-state index in [0.717, 1.165) is 59.3 Å². The molecule has 6 nitrogen and oxygen atoms in total. The van der Waals surface area contributed by atoms with Crippen LogP contribution in [0.3, 0.4) is 0 Å². The minimum Gasteiger partial charge on any atom is -0.375 e. The molecule has 0 radical (unpaired) electrons. The van der Waals surface area contributed by atoms with Gasteiger partial charge in [-0.25, -0.2) is 9.97 Å². The van der Waals surface area contributed by atoms with Gasteiger partial charge in [0.15, 0.2) is 0 Å². The average molecular weight is 432 g/mol. The van der Waals surface area contributed by atoms with Crippen molar-refractivity contribution in [2.24, 2.45) is 0 Å². The van der Waals surface area contributed by atoms with Gasteiger partial charge in [-0.2, -0.15) is 5.10 Å². The molecule has 168 valence electrons. The molecule has 3 heterocycles. The summed E-state index contributed by atoms with van der Waals surface area (Å²) in [4.78, 5) is 9.25. The zero-order valence-electron chi connectivity index (χ0n) is 19.5. The smallest absolute Gasteiger partial charge is 0.227 e. The number of anilines is 2. The van der Waals surface area contributed by atoms with Crippen molar-refractivity contribution in [2.45, 2.75) is 71.6 Å². The van der Waals surface area contributed by atoms with Crippen molar-refractivity contribution in [3.05, 3.63) is 60.6 Å². The molecule has 2 aromatic heterocycles. The van der Waals surface area contributed by atoms with Crippen molar-refractivity contribution in [2.75, 3.05) is 5.32 Å². The first-order valence-electron chi connectivity index (χ1n) is 11.5. The number of aryl methyl sites for hydroxylation is 1. The molecule has 3 aromatic rings. The first-order chi connectivity index (χ1) is 15.4. The number of rotatable bonds is 8. The van der Waals surface area contributed by atoms with E-state index < -0.39 is 0 Å². The van der Waals surface area contributed by atoms with Gasteiger partial charge in [-0.15, -0.1) is 0 Å². The van der Waals surface area contributed by atoms with Crippen LogP contribution in [0, 0.1) is 6.92 Å². The number of allylic oxidation sites excluding steroid dienone is 1. The number of ether oxygens (including phenoxy) is 1. The van der Waals surface area contributed by atoms with Crippen LogP contribution in [0.4, 0.5) is 11.6 Å². The zero-order chi connectivity index (χ0) is 22.7. The maximum atomic E-state index is 6.02. The Morgan fingerprint density at radius 3 is 2.69 bits per heavy atom. The van der Waals surface area contributed by atoms with E-state index in [0.29, 0.717) is 24.2 Å². The second-order valence-electron chi connectivity index (χ2n) is 8.86. The lowest BCUT2D eigenvalue weighted by molar-refractivity contribution is 0.0405. The first kappa shape index (κ1) is 22.2. The molecular formula is C26H33N5O. The van der Waals surface area contributed by atoms with Crippen molar-refractivity contribution in [1.29, 1.82) is 0 Å². The fraction of sp³-hybridized carbons (Fsp3) is 0.423. The maximum Gasteiger partial charge on any atom is 0.227 e. The Labute approximate surface area is 190 Å². The highest BCUT2D eigenvalue weighted by Gasteiger charge is 2.25. The van der Waals surface area contributed by atoms with E-state index >= 15 is 0 Å².